The van der Waals surface area contributed by atoms with E-state index in [0.717, 1.165) is 36.6 Å². The summed E-state index contributed by atoms with van der Waals surface area (Å²) in [7, 11) is 0. The SMILES string of the molecule is Nc1ccn(-c2ccc(CCN3CC4CC(N)(C4)C3)c(C(F)(F)F)c2)c(=O)n1. The normalized spacial score (nSPS) is 24.8. The minimum Gasteiger partial charge on any atom is -0.383 e. The molecule has 6 nitrogen and oxygen atoms in total. The molecule has 0 radical (unpaired) electrons. The molecule has 0 atom stereocenters. The highest BCUT2D eigenvalue weighted by atomic mass is 19.4. The second-order valence-corrected chi connectivity index (χ2v) is 7.97. The molecule has 150 valence electrons. The molecule has 2 aromatic rings. The summed E-state index contributed by atoms with van der Waals surface area (Å²) in [6.07, 6.45) is -0.907. The molecule has 0 unspecified atom stereocenters. The average Bonchev–Trinajstić information content (AvgIpc) is 2.58. The highest BCUT2D eigenvalue weighted by molar-refractivity contribution is 5.43. The Bertz CT molecular complexity index is 949. The van der Waals surface area contributed by atoms with Gasteiger partial charge in [0.05, 0.1) is 11.3 Å². The average molecular weight is 393 g/mol. The number of hydrogen-bond acceptors (Lipinski definition) is 5. The molecule has 3 aliphatic rings. The van der Waals surface area contributed by atoms with Gasteiger partial charge in [0.2, 0.25) is 0 Å². The van der Waals surface area contributed by atoms with Gasteiger partial charge < -0.3 is 16.4 Å². The lowest BCUT2D eigenvalue weighted by molar-refractivity contribution is -0.138. The second kappa shape index (κ2) is 6.59. The monoisotopic (exact) mass is 393 g/mol. The van der Waals surface area contributed by atoms with Crippen molar-refractivity contribution in [1.82, 2.24) is 14.5 Å². The fourth-order valence-corrected chi connectivity index (χ4v) is 4.48. The molecule has 2 saturated heterocycles. The van der Waals surface area contributed by atoms with Gasteiger partial charge in [0, 0.05) is 31.4 Å². The Labute approximate surface area is 160 Å². The number of nitrogens with two attached hydrogens (primary N) is 2. The van der Waals surface area contributed by atoms with Gasteiger partial charge in [-0.25, -0.2) is 4.79 Å². The number of hydrogen-bond donors (Lipinski definition) is 2. The van der Waals surface area contributed by atoms with E-state index in [2.05, 4.69) is 9.88 Å². The third kappa shape index (κ3) is 3.64. The van der Waals surface area contributed by atoms with E-state index in [-0.39, 0.29) is 29.0 Å². The summed E-state index contributed by atoms with van der Waals surface area (Å²) >= 11 is 0. The maximum atomic E-state index is 13.6. The number of benzene rings is 1. The molecule has 0 amide bonds. The van der Waals surface area contributed by atoms with Crippen molar-refractivity contribution in [2.45, 2.75) is 31.0 Å². The van der Waals surface area contributed by atoms with E-state index in [0.29, 0.717) is 12.5 Å². The lowest BCUT2D eigenvalue weighted by atomic mass is 9.65. The number of nitrogens with zero attached hydrogens (tertiary/aromatic N) is 3. The van der Waals surface area contributed by atoms with Crippen molar-refractivity contribution < 1.29 is 13.2 Å². The van der Waals surface area contributed by atoms with Gasteiger partial charge in [-0.05, 0) is 48.9 Å². The van der Waals surface area contributed by atoms with Crippen molar-refractivity contribution in [2.24, 2.45) is 11.7 Å². The van der Waals surface area contributed by atoms with Crippen LogP contribution < -0.4 is 17.2 Å². The summed E-state index contributed by atoms with van der Waals surface area (Å²) in [6, 6.07) is 5.30. The third-order valence-corrected chi connectivity index (χ3v) is 5.64. The van der Waals surface area contributed by atoms with Crippen molar-refractivity contribution in [2.75, 3.05) is 25.4 Å². The first-order valence-electron chi connectivity index (χ1n) is 9.20. The number of aromatic nitrogens is 2. The van der Waals surface area contributed by atoms with Crippen molar-refractivity contribution in [3.05, 3.63) is 52.1 Å². The molecule has 0 spiro atoms. The van der Waals surface area contributed by atoms with Crippen molar-refractivity contribution in [1.29, 1.82) is 0 Å². The van der Waals surface area contributed by atoms with Crippen LogP contribution in [0.2, 0.25) is 0 Å². The van der Waals surface area contributed by atoms with Crippen LogP contribution in [0.15, 0.2) is 35.3 Å². The number of fused-ring (bicyclic) bond motifs is 2. The van der Waals surface area contributed by atoms with Crippen LogP contribution in [0.25, 0.3) is 5.69 Å². The minimum atomic E-state index is -4.52. The standard InChI is InChI=1S/C19H22F3N5O/c20-19(21,22)15-7-14(27-6-4-16(23)25-17(27)28)2-1-13(15)3-5-26-10-12-8-18(24,9-12)11-26/h1-2,4,6-7,12H,3,5,8-11,24H2,(H2,23,25,28). The molecule has 1 saturated carbocycles. The predicted molar refractivity (Wildman–Crippen MR) is 99.0 cm³/mol. The Morgan fingerprint density at radius 2 is 2.00 bits per heavy atom. The number of anilines is 1. The van der Waals surface area contributed by atoms with Crippen LogP contribution in [0.5, 0.6) is 0 Å². The summed E-state index contributed by atoms with van der Waals surface area (Å²) in [6.45, 7) is 2.15. The number of alkyl halides is 3. The first-order chi connectivity index (χ1) is 13.1. The maximum absolute atomic E-state index is 13.6. The predicted octanol–water partition coefficient (Wildman–Crippen LogP) is 1.80. The largest absolute Gasteiger partial charge is 0.416 e. The summed E-state index contributed by atoms with van der Waals surface area (Å²) in [5.74, 6) is 0.583. The third-order valence-electron chi connectivity index (χ3n) is 5.64. The van der Waals surface area contributed by atoms with E-state index >= 15 is 0 Å². The maximum Gasteiger partial charge on any atom is 0.416 e. The molecular formula is C19H22F3N5O. The highest BCUT2D eigenvalue weighted by Crippen LogP contribution is 2.41. The molecule has 1 aromatic heterocycles. The molecular weight excluding hydrogens is 371 g/mol. The zero-order valence-corrected chi connectivity index (χ0v) is 15.2. The van der Waals surface area contributed by atoms with Gasteiger partial charge in [0.15, 0.2) is 0 Å². The summed E-state index contributed by atoms with van der Waals surface area (Å²) < 4.78 is 42.0. The van der Waals surface area contributed by atoms with Crippen LogP contribution in [0.3, 0.4) is 0 Å². The van der Waals surface area contributed by atoms with Crippen molar-refractivity contribution in [3.8, 4) is 5.69 Å². The Hall–Kier alpha value is -2.39. The fraction of sp³-hybridized carbons (Fsp3) is 0.474. The van der Waals surface area contributed by atoms with Crippen LogP contribution in [0.4, 0.5) is 19.0 Å². The molecule has 1 aromatic carbocycles. The Kier molecular flexibility index (Phi) is 4.46. The van der Waals surface area contributed by atoms with Crippen LogP contribution in [0, 0.1) is 5.92 Å². The van der Waals surface area contributed by atoms with E-state index in [9.17, 15) is 18.0 Å². The van der Waals surface area contributed by atoms with Gasteiger partial charge >= 0.3 is 11.9 Å². The topological polar surface area (TPSA) is 90.2 Å². The van der Waals surface area contributed by atoms with Crippen LogP contribution in [-0.4, -0.2) is 39.6 Å². The lowest BCUT2D eigenvalue weighted by Crippen LogP contribution is -2.66. The molecule has 3 fully saturated rings. The van der Waals surface area contributed by atoms with E-state index in [1.165, 1.54) is 24.4 Å². The van der Waals surface area contributed by atoms with E-state index in [1.54, 1.807) is 0 Å². The van der Waals surface area contributed by atoms with Crippen molar-refractivity contribution in [3.63, 3.8) is 0 Å². The van der Waals surface area contributed by atoms with E-state index in [1.807, 2.05) is 0 Å². The number of halogens is 3. The molecule has 2 bridgehead atoms. The summed E-state index contributed by atoms with van der Waals surface area (Å²) in [5.41, 5.74) is 10.4. The van der Waals surface area contributed by atoms with Gasteiger partial charge in [-0.2, -0.15) is 18.2 Å². The minimum absolute atomic E-state index is 0.0196. The zero-order valence-electron chi connectivity index (χ0n) is 15.2. The van der Waals surface area contributed by atoms with Gasteiger partial charge in [-0.1, -0.05) is 6.07 Å². The fourth-order valence-electron chi connectivity index (χ4n) is 4.48. The Morgan fingerprint density at radius 1 is 1.25 bits per heavy atom. The zero-order chi connectivity index (χ0) is 20.1. The molecule has 2 aliphatic heterocycles. The van der Waals surface area contributed by atoms with Gasteiger partial charge in [0.1, 0.15) is 5.82 Å². The summed E-state index contributed by atoms with van der Waals surface area (Å²) in [5, 5.41) is 0. The van der Waals surface area contributed by atoms with Crippen LogP contribution in [0.1, 0.15) is 24.0 Å². The number of nitrogen functional groups attached to an aromatic ring is 1. The molecule has 3 heterocycles. The lowest BCUT2D eigenvalue weighted by Gasteiger charge is -2.54. The second-order valence-electron chi connectivity index (χ2n) is 7.97. The van der Waals surface area contributed by atoms with E-state index in [4.69, 9.17) is 11.5 Å². The van der Waals surface area contributed by atoms with Gasteiger partial charge in [-0.15, -0.1) is 0 Å². The molecule has 5 rings (SSSR count). The first-order valence-corrected chi connectivity index (χ1v) is 9.20. The molecule has 4 N–H and O–H groups in total. The number of piperidine rings is 2. The highest BCUT2D eigenvalue weighted by Gasteiger charge is 2.46. The molecule has 1 aliphatic carbocycles. The van der Waals surface area contributed by atoms with Crippen LogP contribution in [-0.2, 0) is 12.6 Å². The molecule has 9 heteroatoms. The van der Waals surface area contributed by atoms with Gasteiger partial charge in [0.25, 0.3) is 0 Å². The summed E-state index contributed by atoms with van der Waals surface area (Å²) in [4.78, 5) is 17.7. The van der Waals surface area contributed by atoms with E-state index < -0.39 is 17.4 Å². The Balaban J connectivity index is 1.58. The van der Waals surface area contributed by atoms with Crippen molar-refractivity contribution >= 4 is 5.82 Å². The van der Waals surface area contributed by atoms with Gasteiger partial charge in [-0.3, -0.25) is 4.57 Å². The smallest absolute Gasteiger partial charge is 0.383 e. The first kappa shape index (κ1) is 18.9. The molecule has 28 heavy (non-hydrogen) atoms. The van der Waals surface area contributed by atoms with Crippen LogP contribution >= 0.6 is 0 Å². The quantitative estimate of drug-likeness (QED) is 0.827. The Morgan fingerprint density at radius 3 is 2.64 bits per heavy atom. The number of rotatable bonds is 4.